The predicted molar refractivity (Wildman–Crippen MR) is 106 cm³/mol. The van der Waals surface area contributed by atoms with Gasteiger partial charge in [-0.1, -0.05) is 47.5 Å². The van der Waals surface area contributed by atoms with Crippen LogP contribution < -0.4 is 16.0 Å². The van der Waals surface area contributed by atoms with Gasteiger partial charge in [-0.05, 0) is 49.0 Å². The monoisotopic (exact) mass is 391 g/mol. The van der Waals surface area contributed by atoms with Crippen LogP contribution in [0.1, 0.15) is 18.5 Å². The van der Waals surface area contributed by atoms with Crippen molar-refractivity contribution >= 4 is 52.1 Å². The third kappa shape index (κ3) is 3.95. The van der Waals surface area contributed by atoms with Crippen LogP contribution in [0.2, 0.25) is 10.0 Å². The standard InChI is InChI=1S/C18H15Cl2N3OS/c1-10-15(17(24)22-14-5-3-2-4-13(14)20)16(23-18(25)21-10)11-6-8-12(19)9-7-11/h2-9,16H,1H3,(H,22,24)(H2,21,23,25)/t16-/m0/s1. The molecule has 3 rings (SSSR count). The lowest BCUT2D eigenvalue weighted by molar-refractivity contribution is -0.113. The molecule has 25 heavy (non-hydrogen) atoms. The molecule has 3 N–H and O–H groups in total. The molecule has 1 amide bonds. The predicted octanol–water partition coefficient (Wildman–Crippen LogP) is 4.42. The minimum Gasteiger partial charge on any atom is -0.351 e. The molecule has 1 aliphatic heterocycles. The highest BCUT2D eigenvalue weighted by Crippen LogP contribution is 2.29. The number of amides is 1. The van der Waals surface area contributed by atoms with Crippen LogP contribution in [0.4, 0.5) is 5.69 Å². The molecule has 0 unspecified atom stereocenters. The van der Waals surface area contributed by atoms with Crippen LogP contribution in [0, 0.1) is 0 Å². The van der Waals surface area contributed by atoms with Gasteiger partial charge >= 0.3 is 0 Å². The van der Waals surface area contributed by atoms with E-state index in [1.165, 1.54) is 0 Å². The summed E-state index contributed by atoms with van der Waals surface area (Å²) in [5, 5.41) is 10.6. The van der Waals surface area contributed by atoms with E-state index < -0.39 is 0 Å². The molecule has 0 saturated heterocycles. The fraction of sp³-hybridized carbons (Fsp3) is 0.111. The van der Waals surface area contributed by atoms with Crippen molar-refractivity contribution in [3.63, 3.8) is 0 Å². The van der Waals surface area contributed by atoms with Crippen molar-refractivity contribution in [1.29, 1.82) is 0 Å². The second-order valence-corrected chi connectivity index (χ2v) is 6.81. The molecule has 2 aromatic carbocycles. The van der Waals surface area contributed by atoms with Crippen LogP contribution >= 0.6 is 35.4 Å². The summed E-state index contributed by atoms with van der Waals surface area (Å²) in [4.78, 5) is 12.9. The fourth-order valence-electron chi connectivity index (χ4n) is 2.65. The van der Waals surface area contributed by atoms with Crippen molar-refractivity contribution in [2.45, 2.75) is 13.0 Å². The van der Waals surface area contributed by atoms with Gasteiger partial charge in [0.2, 0.25) is 0 Å². The maximum absolute atomic E-state index is 12.9. The molecule has 7 heteroatoms. The van der Waals surface area contributed by atoms with Crippen LogP contribution in [0.15, 0.2) is 59.8 Å². The number of carbonyl (C=O) groups is 1. The Balaban J connectivity index is 1.96. The summed E-state index contributed by atoms with van der Waals surface area (Å²) in [6.45, 7) is 1.82. The van der Waals surface area contributed by atoms with Gasteiger partial charge in [0.25, 0.3) is 5.91 Å². The molecule has 0 fully saturated rings. The molecule has 0 saturated carbocycles. The highest BCUT2D eigenvalue weighted by atomic mass is 35.5. The van der Waals surface area contributed by atoms with E-state index in [0.29, 0.717) is 32.1 Å². The summed E-state index contributed by atoms with van der Waals surface area (Å²) in [6, 6.07) is 14.0. The van der Waals surface area contributed by atoms with E-state index in [1.807, 2.05) is 25.1 Å². The Morgan fingerprint density at radius 3 is 2.48 bits per heavy atom. The molecule has 0 aromatic heterocycles. The Labute approximate surface area is 161 Å². The highest BCUT2D eigenvalue weighted by molar-refractivity contribution is 7.80. The van der Waals surface area contributed by atoms with Crippen molar-refractivity contribution in [1.82, 2.24) is 10.6 Å². The molecule has 1 atom stereocenters. The molecule has 0 aliphatic carbocycles. The topological polar surface area (TPSA) is 53.2 Å². The Morgan fingerprint density at radius 1 is 1.12 bits per heavy atom. The number of benzene rings is 2. The Bertz CT molecular complexity index is 865. The zero-order valence-electron chi connectivity index (χ0n) is 13.3. The number of anilines is 1. The molecule has 1 heterocycles. The van der Waals surface area contributed by atoms with Gasteiger partial charge in [-0.3, -0.25) is 4.79 Å². The van der Waals surface area contributed by atoms with E-state index in [4.69, 9.17) is 35.4 Å². The molecule has 1 aliphatic rings. The lowest BCUT2D eigenvalue weighted by Crippen LogP contribution is -2.45. The highest BCUT2D eigenvalue weighted by Gasteiger charge is 2.30. The second-order valence-electron chi connectivity index (χ2n) is 5.56. The van der Waals surface area contributed by atoms with Gasteiger partial charge in [0.1, 0.15) is 0 Å². The van der Waals surface area contributed by atoms with Crippen molar-refractivity contribution in [3.8, 4) is 0 Å². The largest absolute Gasteiger partial charge is 0.351 e. The summed E-state index contributed by atoms with van der Waals surface area (Å²) < 4.78 is 0. The number of nitrogens with one attached hydrogen (secondary N) is 3. The smallest absolute Gasteiger partial charge is 0.255 e. The molecular weight excluding hydrogens is 377 g/mol. The minimum atomic E-state index is -0.381. The van der Waals surface area contributed by atoms with Crippen LogP contribution in [0.25, 0.3) is 0 Å². The Kier molecular flexibility index (Phi) is 5.27. The average Bonchev–Trinajstić information content (AvgIpc) is 2.57. The van der Waals surface area contributed by atoms with Crippen molar-refractivity contribution < 1.29 is 4.79 Å². The number of hydrogen-bond donors (Lipinski definition) is 3. The van der Waals surface area contributed by atoms with Gasteiger partial charge in [-0.15, -0.1) is 0 Å². The molecule has 0 radical (unpaired) electrons. The first-order chi connectivity index (χ1) is 12.0. The molecule has 0 bridgehead atoms. The number of para-hydroxylation sites is 1. The third-order valence-corrected chi connectivity index (χ3v) is 4.64. The molecule has 0 spiro atoms. The molecule has 4 nitrogen and oxygen atoms in total. The van der Waals surface area contributed by atoms with Crippen molar-refractivity contribution in [2.75, 3.05) is 5.32 Å². The average molecular weight is 392 g/mol. The summed E-state index contributed by atoms with van der Waals surface area (Å²) in [7, 11) is 0. The number of rotatable bonds is 3. The van der Waals surface area contributed by atoms with E-state index in [1.54, 1.807) is 30.3 Å². The summed E-state index contributed by atoms with van der Waals surface area (Å²) in [6.07, 6.45) is 0. The number of thiocarbonyl (C=S) groups is 1. The summed E-state index contributed by atoms with van der Waals surface area (Å²) in [5.74, 6) is -0.256. The van der Waals surface area contributed by atoms with E-state index in [0.717, 1.165) is 5.56 Å². The number of carbonyl (C=O) groups excluding carboxylic acids is 1. The van der Waals surface area contributed by atoms with Gasteiger partial charge in [0.15, 0.2) is 5.11 Å². The first-order valence-electron chi connectivity index (χ1n) is 7.55. The first-order valence-corrected chi connectivity index (χ1v) is 8.72. The van der Waals surface area contributed by atoms with Crippen LogP contribution in [-0.4, -0.2) is 11.0 Å². The first kappa shape index (κ1) is 17.7. The van der Waals surface area contributed by atoms with Crippen LogP contribution in [0.5, 0.6) is 0 Å². The number of halogens is 2. The SMILES string of the molecule is CC1=C(C(=O)Nc2ccccc2Cl)[C@H](c2ccc(Cl)cc2)NC(=S)N1. The van der Waals surface area contributed by atoms with Gasteiger partial charge in [0.05, 0.1) is 22.3 Å². The maximum Gasteiger partial charge on any atom is 0.255 e. The molecule has 128 valence electrons. The Hall–Kier alpha value is -2.08. The lowest BCUT2D eigenvalue weighted by Gasteiger charge is -2.30. The van der Waals surface area contributed by atoms with Crippen molar-refractivity contribution in [3.05, 3.63) is 75.4 Å². The van der Waals surface area contributed by atoms with E-state index in [9.17, 15) is 4.79 Å². The van der Waals surface area contributed by atoms with E-state index in [2.05, 4.69) is 16.0 Å². The number of hydrogen-bond acceptors (Lipinski definition) is 2. The van der Waals surface area contributed by atoms with Crippen LogP contribution in [0.3, 0.4) is 0 Å². The zero-order chi connectivity index (χ0) is 18.0. The lowest BCUT2D eigenvalue weighted by atomic mass is 9.95. The summed E-state index contributed by atoms with van der Waals surface area (Å²) >= 11 is 17.3. The Morgan fingerprint density at radius 2 is 1.80 bits per heavy atom. The fourth-order valence-corrected chi connectivity index (χ4v) is 3.23. The second kappa shape index (κ2) is 7.44. The summed E-state index contributed by atoms with van der Waals surface area (Å²) in [5.41, 5.74) is 2.67. The van der Waals surface area contributed by atoms with Gasteiger partial charge < -0.3 is 16.0 Å². The quantitative estimate of drug-likeness (QED) is 0.677. The third-order valence-electron chi connectivity index (χ3n) is 3.84. The zero-order valence-corrected chi connectivity index (χ0v) is 15.6. The van der Waals surface area contributed by atoms with E-state index in [-0.39, 0.29) is 11.9 Å². The van der Waals surface area contributed by atoms with Gasteiger partial charge in [-0.2, -0.15) is 0 Å². The van der Waals surface area contributed by atoms with E-state index >= 15 is 0 Å². The van der Waals surface area contributed by atoms with Gasteiger partial charge in [0, 0.05) is 10.7 Å². The normalized spacial score (nSPS) is 16.9. The maximum atomic E-state index is 12.9. The minimum absolute atomic E-state index is 0.256. The van der Waals surface area contributed by atoms with Crippen LogP contribution in [-0.2, 0) is 4.79 Å². The molecule has 2 aromatic rings. The number of allylic oxidation sites excluding steroid dienone is 1. The molecular formula is C18H15Cl2N3OS. The van der Waals surface area contributed by atoms with Gasteiger partial charge in [-0.25, -0.2) is 0 Å². The van der Waals surface area contributed by atoms with Crippen molar-refractivity contribution in [2.24, 2.45) is 0 Å².